The fourth-order valence-electron chi connectivity index (χ4n) is 1.56. The van der Waals surface area contributed by atoms with Crippen molar-refractivity contribution in [1.82, 2.24) is 9.55 Å². The van der Waals surface area contributed by atoms with Gasteiger partial charge in [0.25, 0.3) is 5.69 Å². The van der Waals surface area contributed by atoms with Gasteiger partial charge in [-0.05, 0) is 26.0 Å². The third-order valence-electron chi connectivity index (χ3n) is 2.68. The lowest BCUT2D eigenvalue weighted by molar-refractivity contribution is -0.385. The number of hydrogen-bond donors (Lipinski definition) is 1. The van der Waals surface area contributed by atoms with Crippen LogP contribution in [0.4, 0.5) is 11.5 Å². The molecule has 0 aliphatic heterocycles. The molecule has 2 heterocycles. The summed E-state index contributed by atoms with van der Waals surface area (Å²) >= 11 is 0. The van der Waals surface area contributed by atoms with Gasteiger partial charge in [-0.2, -0.15) is 5.10 Å². The summed E-state index contributed by atoms with van der Waals surface area (Å²) in [6.07, 6.45) is 6.82. The predicted molar refractivity (Wildman–Crippen MR) is 76.9 cm³/mol. The Bertz CT molecular complexity index is 616. The molecule has 0 radical (unpaired) electrons. The third kappa shape index (κ3) is 3.41. The molecule has 0 unspecified atom stereocenters. The third-order valence-corrected chi connectivity index (χ3v) is 2.68. The first-order valence-electron chi connectivity index (χ1n) is 6.13. The summed E-state index contributed by atoms with van der Waals surface area (Å²) < 4.78 is 2.07. The smallest absolute Gasteiger partial charge is 0.287 e. The molecule has 20 heavy (non-hydrogen) atoms. The van der Waals surface area contributed by atoms with Gasteiger partial charge >= 0.3 is 0 Å². The molecule has 2 rings (SSSR count). The molecular formula is C13H15N5O2. The number of rotatable bonds is 5. The van der Waals surface area contributed by atoms with Crippen molar-refractivity contribution in [2.45, 2.75) is 19.9 Å². The minimum atomic E-state index is -0.491. The summed E-state index contributed by atoms with van der Waals surface area (Å²) in [7, 11) is 0. The zero-order valence-corrected chi connectivity index (χ0v) is 11.2. The van der Waals surface area contributed by atoms with Crippen molar-refractivity contribution in [3.63, 3.8) is 0 Å². The van der Waals surface area contributed by atoms with Crippen LogP contribution in [0.5, 0.6) is 0 Å². The average molecular weight is 273 g/mol. The molecule has 0 bridgehead atoms. The Hall–Kier alpha value is -2.70. The van der Waals surface area contributed by atoms with Crippen molar-refractivity contribution in [2.24, 2.45) is 5.10 Å². The molecule has 104 valence electrons. The van der Waals surface area contributed by atoms with Gasteiger partial charge in [0.05, 0.1) is 11.1 Å². The Balaban J connectivity index is 1.96. The maximum Gasteiger partial charge on any atom is 0.287 e. The molecule has 1 N–H and O–H groups in total. The number of hydrazone groups is 1. The molecule has 2 aromatic rings. The second-order valence-electron chi connectivity index (χ2n) is 4.51. The monoisotopic (exact) mass is 273 g/mol. The average Bonchev–Trinajstić information content (AvgIpc) is 2.88. The second kappa shape index (κ2) is 5.96. The van der Waals surface area contributed by atoms with Gasteiger partial charge in [0.2, 0.25) is 0 Å². The highest BCUT2D eigenvalue weighted by Crippen LogP contribution is 2.11. The van der Waals surface area contributed by atoms with E-state index in [-0.39, 0.29) is 5.69 Å². The lowest BCUT2D eigenvalue weighted by Gasteiger charge is -2.04. The topological polar surface area (TPSA) is 85.3 Å². The van der Waals surface area contributed by atoms with Gasteiger partial charge in [-0.3, -0.25) is 15.5 Å². The number of aromatic nitrogens is 2. The van der Waals surface area contributed by atoms with Crippen molar-refractivity contribution in [2.75, 3.05) is 5.43 Å². The van der Waals surface area contributed by atoms with Gasteiger partial charge in [-0.1, -0.05) is 0 Å². The first-order valence-corrected chi connectivity index (χ1v) is 6.13. The molecule has 0 spiro atoms. The van der Waals surface area contributed by atoms with E-state index in [0.717, 1.165) is 5.56 Å². The minimum absolute atomic E-state index is 0.0476. The summed E-state index contributed by atoms with van der Waals surface area (Å²) in [5.41, 5.74) is 3.64. The van der Waals surface area contributed by atoms with Gasteiger partial charge in [0, 0.05) is 30.1 Å². The highest BCUT2D eigenvalue weighted by atomic mass is 16.6. The maximum absolute atomic E-state index is 10.5. The van der Waals surface area contributed by atoms with E-state index in [2.05, 4.69) is 33.9 Å². The number of hydrogen-bond acceptors (Lipinski definition) is 5. The molecule has 0 fully saturated rings. The van der Waals surface area contributed by atoms with Crippen LogP contribution in [0.25, 0.3) is 0 Å². The van der Waals surface area contributed by atoms with Gasteiger partial charge < -0.3 is 4.57 Å². The Morgan fingerprint density at radius 1 is 1.45 bits per heavy atom. The van der Waals surface area contributed by atoms with Crippen molar-refractivity contribution in [3.05, 3.63) is 52.5 Å². The molecular weight excluding hydrogens is 258 g/mol. The molecule has 0 saturated carbocycles. The molecule has 0 atom stereocenters. The van der Waals surface area contributed by atoms with E-state index < -0.39 is 4.92 Å². The van der Waals surface area contributed by atoms with Crippen molar-refractivity contribution in [1.29, 1.82) is 0 Å². The summed E-state index contributed by atoms with van der Waals surface area (Å²) in [6.45, 7) is 4.19. The fraction of sp³-hybridized carbons (Fsp3) is 0.231. The number of nitro groups is 1. The minimum Gasteiger partial charge on any atom is -0.351 e. The van der Waals surface area contributed by atoms with Crippen LogP contribution in [0.15, 0.2) is 41.9 Å². The van der Waals surface area contributed by atoms with Crippen LogP contribution in [-0.2, 0) is 0 Å². The van der Waals surface area contributed by atoms with E-state index in [0.29, 0.717) is 11.9 Å². The summed E-state index contributed by atoms with van der Waals surface area (Å²) in [5.74, 6) is 0.454. The molecule has 0 aromatic carbocycles. The van der Waals surface area contributed by atoms with Crippen molar-refractivity contribution in [3.8, 4) is 0 Å². The van der Waals surface area contributed by atoms with Gasteiger partial charge in [0.1, 0.15) is 12.0 Å². The van der Waals surface area contributed by atoms with E-state index in [1.807, 2.05) is 18.5 Å². The van der Waals surface area contributed by atoms with E-state index in [1.165, 1.54) is 18.3 Å². The van der Waals surface area contributed by atoms with Crippen molar-refractivity contribution < 1.29 is 4.92 Å². The quantitative estimate of drug-likeness (QED) is 0.515. The lowest BCUT2D eigenvalue weighted by Crippen LogP contribution is -1.96. The maximum atomic E-state index is 10.5. The molecule has 0 aliphatic rings. The highest BCUT2D eigenvalue weighted by molar-refractivity contribution is 5.79. The Morgan fingerprint density at radius 3 is 2.80 bits per heavy atom. The lowest BCUT2D eigenvalue weighted by atomic mass is 10.4. The highest BCUT2D eigenvalue weighted by Gasteiger charge is 2.04. The zero-order chi connectivity index (χ0) is 14.5. The summed E-state index contributed by atoms with van der Waals surface area (Å²) in [4.78, 5) is 13.9. The van der Waals surface area contributed by atoms with Crippen molar-refractivity contribution >= 4 is 17.7 Å². The number of pyridine rings is 1. The molecule has 2 aromatic heterocycles. The molecule has 0 aliphatic carbocycles. The first-order chi connectivity index (χ1) is 9.56. The standard InChI is InChI=1S/C13H15N5O2/c1-10(2)17-6-5-11(9-17)7-15-16-13-4-3-12(8-14-13)18(19)20/h3-10H,1-2H3,(H,14,16)/b15-7-. The van der Waals surface area contributed by atoms with Crippen LogP contribution in [0.3, 0.4) is 0 Å². The molecule has 7 nitrogen and oxygen atoms in total. The second-order valence-corrected chi connectivity index (χ2v) is 4.51. The Labute approximate surface area is 116 Å². The fourth-order valence-corrected chi connectivity index (χ4v) is 1.56. The summed E-state index contributed by atoms with van der Waals surface area (Å²) in [5, 5.41) is 14.5. The number of nitrogens with one attached hydrogen (secondary N) is 1. The number of anilines is 1. The Kier molecular flexibility index (Phi) is 4.09. The van der Waals surface area contributed by atoms with Crippen LogP contribution in [0.2, 0.25) is 0 Å². The molecule has 0 amide bonds. The van der Waals surface area contributed by atoms with E-state index in [4.69, 9.17) is 0 Å². The molecule has 0 saturated heterocycles. The summed E-state index contributed by atoms with van der Waals surface area (Å²) in [6, 6.07) is 5.24. The van der Waals surface area contributed by atoms with Crippen LogP contribution >= 0.6 is 0 Å². The predicted octanol–water partition coefficient (Wildman–Crippen LogP) is 2.82. The van der Waals surface area contributed by atoms with Gasteiger partial charge in [-0.15, -0.1) is 0 Å². The van der Waals surface area contributed by atoms with Crippen LogP contribution in [-0.4, -0.2) is 20.7 Å². The molecule has 7 heteroatoms. The van der Waals surface area contributed by atoms with E-state index in [9.17, 15) is 10.1 Å². The zero-order valence-electron chi connectivity index (χ0n) is 11.2. The van der Waals surface area contributed by atoms with Crippen LogP contribution in [0, 0.1) is 10.1 Å². The van der Waals surface area contributed by atoms with E-state index in [1.54, 1.807) is 6.21 Å². The van der Waals surface area contributed by atoms with Gasteiger partial charge in [-0.25, -0.2) is 4.98 Å². The van der Waals surface area contributed by atoms with Crippen LogP contribution < -0.4 is 5.43 Å². The first kappa shape index (κ1) is 13.7. The van der Waals surface area contributed by atoms with Gasteiger partial charge in [0.15, 0.2) is 0 Å². The normalized spacial score (nSPS) is 11.2. The number of nitrogens with zero attached hydrogens (tertiary/aromatic N) is 4. The Morgan fingerprint density at radius 2 is 2.25 bits per heavy atom. The largest absolute Gasteiger partial charge is 0.351 e. The van der Waals surface area contributed by atoms with Crippen LogP contribution in [0.1, 0.15) is 25.5 Å². The van der Waals surface area contributed by atoms with E-state index >= 15 is 0 Å². The SMILES string of the molecule is CC(C)n1ccc(/C=N\Nc2ccc([N+](=O)[O-])cn2)c1.